The number of halogens is 3. The molecule has 1 amide bonds. The molecule has 0 aliphatic carbocycles. The number of carboxylic acid groups (broad SMARTS) is 1. The fourth-order valence-electron chi connectivity index (χ4n) is 11.5. The Kier molecular flexibility index (Phi) is 22.0. The SMILES string of the molecule is CC(=O)N1CCN(c2ccc(OC[C@H]3CO[C@](Cn4ccnc4)(c4ccc(Cl)cc4Cl)O3)cc2)CC1.CC(C)n1c(/C=C/[C@@H](O)C[C@@H](O)CC(=O)O)c(-c2ccc(F)cc2)c2ccccc21.CN(C)CCCN1c2ccccc2CCc2ccccc21. The van der Waals surface area contributed by atoms with Crippen molar-refractivity contribution in [1.82, 2.24) is 23.9 Å². The summed E-state index contributed by atoms with van der Waals surface area (Å²) in [6, 6.07) is 45.4. The first-order chi connectivity index (χ1) is 41.9. The Hall–Kier alpha value is -7.54. The zero-order valence-corrected chi connectivity index (χ0v) is 51.5. The van der Waals surface area contributed by atoms with Gasteiger partial charge in [0.2, 0.25) is 11.7 Å². The highest BCUT2D eigenvalue weighted by atomic mass is 35.5. The number of imidazole rings is 1. The second-order valence-electron chi connectivity index (χ2n) is 22.7. The van der Waals surface area contributed by atoms with Gasteiger partial charge in [0.15, 0.2) is 0 Å². The molecule has 5 heterocycles. The van der Waals surface area contributed by atoms with E-state index in [2.05, 4.69) is 101 Å². The van der Waals surface area contributed by atoms with Gasteiger partial charge in [0.25, 0.3) is 0 Å². The first-order valence-corrected chi connectivity index (χ1v) is 30.4. The number of amides is 1. The summed E-state index contributed by atoms with van der Waals surface area (Å²) in [6.45, 7) is 12.1. The number of aliphatic hydroxyl groups excluding tert-OH is 2. The van der Waals surface area contributed by atoms with Crippen LogP contribution in [0.5, 0.6) is 5.75 Å². The number of anilines is 3. The zero-order chi connectivity index (χ0) is 61.6. The van der Waals surface area contributed by atoms with Crippen LogP contribution in [0.3, 0.4) is 0 Å². The molecule has 0 spiro atoms. The number of nitrogens with zero attached hydrogens (tertiary/aromatic N) is 7. The van der Waals surface area contributed by atoms with Gasteiger partial charge in [-0.1, -0.05) is 102 Å². The minimum Gasteiger partial charge on any atom is -0.491 e. The Balaban J connectivity index is 0.000000161. The summed E-state index contributed by atoms with van der Waals surface area (Å²) >= 11 is 12.7. The summed E-state index contributed by atoms with van der Waals surface area (Å²) in [5, 5.41) is 30.9. The molecule has 2 fully saturated rings. The van der Waals surface area contributed by atoms with Gasteiger partial charge in [-0.05, 0) is 143 Å². The molecule has 15 nitrogen and oxygen atoms in total. The maximum absolute atomic E-state index is 13.5. The molecule has 458 valence electrons. The summed E-state index contributed by atoms with van der Waals surface area (Å²) in [5.41, 5.74) is 11.2. The third-order valence-electron chi connectivity index (χ3n) is 15.7. The van der Waals surface area contributed by atoms with Crippen molar-refractivity contribution in [2.45, 2.75) is 89.6 Å². The van der Waals surface area contributed by atoms with E-state index in [-0.39, 0.29) is 30.3 Å². The van der Waals surface area contributed by atoms with Gasteiger partial charge in [0.1, 0.15) is 24.3 Å². The lowest BCUT2D eigenvalue weighted by atomic mass is 10.0. The number of ether oxygens (including phenoxy) is 3. The molecule has 2 saturated heterocycles. The number of carboxylic acids is 1. The minimum absolute atomic E-state index is 0.0728. The number of carbonyl (C=O) groups excluding carboxylic acids is 1. The normalized spacial score (nSPS) is 17.3. The molecule has 18 heteroatoms. The van der Waals surface area contributed by atoms with Crippen LogP contribution in [-0.4, -0.2) is 136 Å². The molecule has 0 saturated carbocycles. The van der Waals surface area contributed by atoms with Crippen molar-refractivity contribution in [3.8, 4) is 16.9 Å². The van der Waals surface area contributed by atoms with Crippen LogP contribution in [0.1, 0.15) is 68.5 Å². The average Bonchev–Trinajstić information content (AvgIpc) is 2.04. The number of rotatable bonds is 19. The van der Waals surface area contributed by atoms with E-state index >= 15 is 0 Å². The lowest BCUT2D eigenvalue weighted by Crippen LogP contribution is -2.48. The van der Waals surface area contributed by atoms with Crippen LogP contribution >= 0.6 is 23.2 Å². The molecule has 3 aliphatic rings. The summed E-state index contributed by atoms with van der Waals surface area (Å²) in [4.78, 5) is 35.3. The highest BCUT2D eigenvalue weighted by Gasteiger charge is 2.45. The number of aliphatic carboxylic acids is 1. The van der Waals surface area contributed by atoms with E-state index in [0.717, 1.165) is 91.3 Å². The summed E-state index contributed by atoms with van der Waals surface area (Å²) in [5.74, 6) is -1.63. The number of aliphatic hydroxyl groups is 2. The number of benzene rings is 6. The van der Waals surface area contributed by atoms with Crippen molar-refractivity contribution >= 4 is 69.1 Å². The number of carbonyl (C=O) groups is 2. The third kappa shape index (κ3) is 16.6. The number of hydrogen-bond donors (Lipinski definition) is 3. The van der Waals surface area contributed by atoms with Gasteiger partial charge in [-0.15, -0.1) is 0 Å². The van der Waals surface area contributed by atoms with Crippen molar-refractivity contribution in [3.63, 3.8) is 0 Å². The van der Waals surface area contributed by atoms with Crippen LogP contribution in [0.25, 0.3) is 28.1 Å². The Bertz CT molecular complexity index is 3530. The quantitative estimate of drug-likeness (QED) is 0.0705. The standard InChI is InChI=1S/C26H28Cl2N4O4.C24H26FNO4.C19H24N2/c1-19(33)31-10-12-32(13-11-31)21-3-5-22(6-4-21)34-15-23-16-35-26(36-23,17-30-9-8-29-18-30)24-7-2-20(27)14-25(24)28;1-15(2)26-21-6-4-3-5-20(21)24(16-7-9-17(25)10-8-16)22(26)12-11-18(27)13-19(28)14-23(29)30;1-20(2)14-7-15-21-18-10-5-3-8-16(18)12-13-17-9-4-6-11-19(17)21/h2-9,14,18,23H,10-13,15-17H2,1H3;3-12,15,18-19,27-28H,13-14H2,1-2H3,(H,29,30);3-6,8-11H,7,12-15H2,1-2H3/b;12-11+;/t23-,26-;18-,19-;/m01./s1. The smallest absolute Gasteiger partial charge is 0.305 e. The van der Waals surface area contributed by atoms with Crippen molar-refractivity contribution in [1.29, 1.82) is 0 Å². The molecule has 0 bridgehead atoms. The van der Waals surface area contributed by atoms with Crippen LogP contribution in [0.2, 0.25) is 10.0 Å². The second kappa shape index (κ2) is 29.9. The van der Waals surface area contributed by atoms with Crippen LogP contribution in [0.4, 0.5) is 21.5 Å². The van der Waals surface area contributed by atoms with Gasteiger partial charge >= 0.3 is 5.97 Å². The van der Waals surface area contributed by atoms with Crippen molar-refractivity contribution in [3.05, 3.63) is 203 Å². The van der Waals surface area contributed by atoms with E-state index in [1.54, 1.807) is 55.9 Å². The molecule has 0 unspecified atom stereocenters. The van der Waals surface area contributed by atoms with E-state index in [0.29, 0.717) is 35.4 Å². The molecule has 87 heavy (non-hydrogen) atoms. The number of aryl methyl sites for hydroxylation is 2. The number of aromatic nitrogens is 3. The summed E-state index contributed by atoms with van der Waals surface area (Å²) < 4.78 is 36.2. The lowest BCUT2D eigenvalue weighted by Gasteiger charge is -2.35. The predicted octanol–water partition coefficient (Wildman–Crippen LogP) is 12.7. The van der Waals surface area contributed by atoms with Gasteiger partial charge in [0, 0.05) is 114 Å². The van der Waals surface area contributed by atoms with Crippen LogP contribution in [-0.2, 0) is 44.2 Å². The predicted molar refractivity (Wildman–Crippen MR) is 344 cm³/mol. The van der Waals surface area contributed by atoms with E-state index in [1.165, 1.54) is 41.1 Å². The van der Waals surface area contributed by atoms with Crippen molar-refractivity contribution in [2.24, 2.45) is 0 Å². The average molecular weight is 1220 g/mol. The third-order valence-corrected chi connectivity index (χ3v) is 16.3. The van der Waals surface area contributed by atoms with Gasteiger partial charge < -0.3 is 58.3 Å². The maximum Gasteiger partial charge on any atom is 0.305 e. The van der Waals surface area contributed by atoms with Crippen LogP contribution < -0.4 is 14.5 Å². The minimum atomic E-state index is -1.13. The van der Waals surface area contributed by atoms with E-state index < -0.39 is 30.4 Å². The number of fused-ring (bicyclic) bond motifs is 3. The second-order valence-corrected chi connectivity index (χ2v) is 23.5. The van der Waals surface area contributed by atoms with Gasteiger partial charge in [-0.2, -0.15) is 0 Å². The molecule has 11 rings (SSSR count). The molecule has 2 aromatic heterocycles. The van der Waals surface area contributed by atoms with E-state index in [1.807, 2.05) is 70.3 Å². The van der Waals surface area contributed by atoms with Crippen molar-refractivity contribution in [2.75, 3.05) is 76.4 Å². The monoisotopic (exact) mass is 1220 g/mol. The lowest BCUT2D eigenvalue weighted by molar-refractivity contribution is -0.189. The highest BCUT2D eigenvalue weighted by Crippen LogP contribution is 2.42. The molecule has 3 aliphatic heterocycles. The Morgan fingerprint density at radius 2 is 1.53 bits per heavy atom. The first kappa shape index (κ1) is 63.9. The Morgan fingerprint density at radius 3 is 2.15 bits per heavy atom. The fourth-order valence-corrected chi connectivity index (χ4v) is 12.1. The maximum atomic E-state index is 13.5. The van der Waals surface area contributed by atoms with Crippen LogP contribution in [0.15, 0.2) is 164 Å². The zero-order valence-electron chi connectivity index (χ0n) is 50.0. The Morgan fingerprint density at radius 1 is 0.862 bits per heavy atom. The molecule has 6 aromatic carbocycles. The molecule has 8 aromatic rings. The Labute approximate surface area is 519 Å². The van der Waals surface area contributed by atoms with Crippen molar-refractivity contribution < 1.29 is 43.5 Å². The summed E-state index contributed by atoms with van der Waals surface area (Å²) in [6.07, 6.45) is 9.15. The number of hydrogen-bond acceptors (Lipinski definition) is 11. The van der Waals surface area contributed by atoms with Gasteiger partial charge in [-0.3, -0.25) is 9.59 Å². The highest BCUT2D eigenvalue weighted by molar-refractivity contribution is 6.35. The largest absolute Gasteiger partial charge is 0.491 e. The topological polar surface area (TPSA) is 158 Å². The van der Waals surface area contributed by atoms with E-state index in [9.17, 15) is 24.2 Å². The molecule has 0 radical (unpaired) electrons. The van der Waals surface area contributed by atoms with Crippen LogP contribution in [0, 0.1) is 5.82 Å². The number of para-hydroxylation sites is 3. The first-order valence-electron chi connectivity index (χ1n) is 29.6. The fraction of sp³-hybridized carbons (Fsp3) is 0.348. The molecule has 4 atom stereocenters. The van der Waals surface area contributed by atoms with E-state index in [4.69, 9.17) is 42.5 Å². The molecular weight excluding hydrogens is 1140 g/mol. The van der Waals surface area contributed by atoms with Gasteiger partial charge in [0.05, 0.1) is 43.1 Å². The molecular formula is C69H78Cl2FN7O8. The molecule has 3 N–H and O–H groups in total. The van der Waals surface area contributed by atoms with Gasteiger partial charge in [-0.25, -0.2) is 9.37 Å². The number of piperazine rings is 1. The summed E-state index contributed by atoms with van der Waals surface area (Å²) in [7, 11) is 4.29.